The quantitative estimate of drug-likeness (QED) is 0.393. The molecule has 1 heterocycles. The molecule has 0 radical (unpaired) electrons. The maximum absolute atomic E-state index is 8.68. The summed E-state index contributed by atoms with van der Waals surface area (Å²) >= 11 is 5.86. The number of benzene rings is 1. The Morgan fingerprint density at radius 2 is 2.05 bits per heavy atom. The summed E-state index contributed by atoms with van der Waals surface area (Å²) in [5.74, 6) is -0.00765. The molecule has 2 aromatic rings. The Bertz CT molecular complexity index is 613. The van der Waals surface area contributed by atoms with Gasteiger partial charge in [0.15, 0.2) is 5.84 Å². The van der Waals surface area contributed by atoms with Crippen molar-refractivity contribution in [2.24, 2.45) is 10.9 Å². The van der Waals surface area contributed by atoms with Gasteiger partial charge in [-0.1, -0.05) is 28.9 Å². The summed E-state index contributed by atoms with van der Waals surface area (Å²) < 4.78 is 0. The van der Waals surface area contributed by atoms with E-state index in [0.29, 0.717) is 5.69 Å². The van der Waals surface area contributed by atoms with Crippen LogP contribution in [0.15, 0.2) is 47.8 Å². The van der Waals surface area contributed by atoms with E-state index in [9.17, 15) is 0 Å². The lowest BCUT2D eigenvalue weighted by Gasteiger charge is -2.19. The molecule has 0 fully saturated rings. The molecule has 0 spiro atoms. The Balaban J connectivity index is 2.16. The van der Waals surface area contributed by atoms with E-state index in [-0.39, 0.29) is 5.84 Å². The number of amidine groups is 1. The molecule has 6 heteroatoms. The Morgan fingerprint density at radius 3 is 2.70 bits per heavy atom. The van der Waals surface area contributed by atoms with Crippen LogP contribution in [-0.4, -0.2) is 23.1 Å². The molecule has 104 valence electrons. The lowest BCUT2D eigenvalue weighted by Crippen LogP contribution is -2.19. The third-order valence-electron chi connectivity index (χ3n) is 2.89. The zero-order valence-electron chi connectivity index (χ0n) is 11.0. The van der Waals surface area contributed by atoms with Crippen LogP contribution in [0, 0.1) is 0 Å². The number of oxime groups is 1. The summed E-state index contributed by atoms with van der Waals surface area (Å²) in [4.78, 5) is 6.09. The topological polar surface area (TPSA) is 74.7 Å². The summed E-state index contributed by atoms with van der Waals surface area (Å²) in [6, 6.07) is 11.3. The molecule has 0 aliphatic heterocycles. The van der Waals surface area contributed by atoms with Crippen LogP contribution in [0.4, 0.5) is 5.69 Å². The van der Waals surface area contributed by atoms with Crippen LogP contribution in [0.1, 0.15) is 11.3 Å². The first kappa shape index (κ1) is 14.1. The largest absolute Gasteiger partial charge is 0.409 e. The maximum Gasteiger partial charge on any atom is 0.188 e. The van der Waals surface area contributed by atoms with Crippen molar-refractivity contribution in [3.05, 3.63) is 58.9 Å². The number of hydrogen-bond acceptors (Lipinski definition) is 4. The van der Waals surface area contributed by atoms with Gasteiger partial charge in [-0.3, -0.25) is 4.98 Å². The molecule has 0 atom stereocenters. The third kappa shape index (κ3) is 3.39. The van der Waals surface area contributed by atoms with E-state index < -0.39 is 0 Å². The molecule has 1 aromatic heterocycles. The van der Waals surface area contributed by atoms with Crippen molar-refractivity contribution in [3.8, 4) is 0 Å². The molecule has 1 aromatic carbocycles. The van der Waals surface area contributed by atoms with Crippen molar-refractivity contribution in [1.82, 2.24) is 4.98 Å². The summed E-state index contributed by atoms with van der Waals surface area (Å²) in [5, 5.41) is 12.3. The standard InChI is InChI=1S/C14H15ClN4O/c1-19(9-10-2-4-11(15)5-3-10)12-6-7-17-13(8-12)14(16)18-20/h2-8,20H,9H2,1H3,(H2,16,18). The van der Waals surface area contributed by atoms with Gasteiger partial charge in [0.05, 0.1) is 0 Å². The summed E-state index contributed by atoms with van der Waals surface area (Å²) in [5.41, 5.74) is 8.04. The molecule has 0 aliphatic rings. The van der Waals surface area contributed by atoms with E-state index in [1.54, 1.807) is 12.3 Å². The number of halogens is 1. The highest BCUT2D eigenvalue weighted by Crippen LogP contribution is 2.17. The van der Waals surface area contributed by atoms with E-state index in [2.05, 4.69) is 10.1 Å². The predicted molar refractivity (Wildman–Crippen MR) is 80.3 cm³/mol. The van der Waals surface area contributed by atoms with E-state index in [0.717, 1.165) is 22.8 Å². The molecule has 2 rings (SSSR count). The van der Waals surface area contributed by atoms with Crippen molar-refractivity contribution in [1.29, 1.82) is 0 Å². The van der Waals surface area contributed by atoms with Gasteiger partial charge < -0.3 is 15.8 Å². The highest BCUT2D eigenvalue weighted by molar-refractivity contribution is 6.30. The van der Waals surface area contributed by atoms with Crippen molar-refractivity contribution in [3.63, 3.8) is 0 Å². The molecule has 0 saturated carbocycles. The minimum Gasteiger partial charge on any atom is -0.409 e. The van der Waals surface area contributed by atoms with E-state index in [4.69, 9.17) is 22.5 Å². The summed E-state index contributed by atoms with van der Waals surface area (Å²) in [6.07, 6.45) is 1.63. The van der Waals surface area contributed by atoms with Crippen LogP contribution in [0.5, 0.6) is 0 Å². The van der Waals surface area contributed by atoms with E-state index in [1.165, 1.54) is 0 Å². The first-order valence-corrected chi connectivity index (χ1v) is 6.37. The SMILES string of the molecule is CN(Cc1ccc(Cl)cc1)c1ccnc(C(N)=NO)c1. The maximum atomic E-state index is 8.68. The molecule has 0 saturated heterocycles. The van der Waals surface area contributed by atoms with Gasteiger partial charge >= 0.3 is 0 Å². The number of nitrogens with two attached hydrogens (primary N) is 1. The Morgan fingerprint density at radius 1 is 1.35 bits per heavy atom. The molecule has 3 N–H and O–H groups in total. The van der Waals surface area contributed by atoms with Crippen LogP contribution < -0.4 is 10.6 Å². The van der Waals surface area contributed by atoms with Gasteiger partial charge in [-0.25, -0.2) is 0 Å². The lowest BCUT2D eigenvalue weighted by molar-refractivity contribution is 0.318. The smallest absolute Gasteiger partial charge is 0.188 e. The average molecular weight is 291 g/mol. The molecule has 5 nitrogen and oxygen atoms in total. The predicted octanol–water partition coefficient (Wildman–Crippen LogP) is 2.47. The van der Waals surface area contributed by atoms with Crippen molar-refractivity contribution in [2.45, 2.75) is 6.54 Å². The number of hydrogen-bond donors (Lipinski definition) is 2. The molecule has 0 bridgehead atoms. The molecule has 0 aliphatic carbocycles. The molecular formula is C14H15ClN4O. The van der Waals surface area contributed by atoms with Crippen molar-refractivity contribution >= 4 is 23.1 Å². The number of anilines is 1. The van der Waals surface area contributed by atoms with Gasteiger partial charge in [-0.15, -0.1) is 0 Å². The van der Waals surface area contributed by atoms with Crippen LogP contribution in [0.3, 0.4) is 0 Å². The van der Waals surface area contributed by atoms with Crippen LogP contribution >= 0.6 is 11.6 Å². The van der Waals surface area contributed by atoms with Gasteiger partial charge in [0, 0.05) is 30.5 Å². The minimum absolute atomic E-state index is 0.00765. The van der Waals surface area contributed by atoms with Crippen LogP contribution in [0.25, 0.3) is 0 Å². The number of aromatic nitrogens is 1. The first-order valence-electron chi connectivity index (χ1n) is 5.99. The van der Waals surface area contributed by atoms with Crippen molar-refractivity contribution in [2.75, 3.05) is 11.9 Å². The van der Waals surface area contributed by atoms with Gasteiger partial charge in [0.2, 0.25) is 0 Å². The fourth-order valence-electron chi connectivity index (χ4n) is 1.80. The van der Waals surface area contributed by atoms with Gasteiger partial charge in [-0.05, 0) is 29.8 Å². The van der Waals surface area contributed by atoms with E-state index >= 15 is 0 Å². The zero-order chi connectivity index (χ0) is 14.5. The lowest BCUT2D eigenvalue weighted by atomic mass is 10.2. The molecule has 0 amide bonds. The molecular weight excluding hydrogens is 276 g/mol. The number of pyridine rings is 1. The highest BCUT2D eigenvalue weighted by atomic mass is 35.5. The third-order valence-corrected chi connectivity index (χ3v) is 3.14. The number of rotatable bonds is 4. The number of nitrogens with zero attached hydrogens (tertiary/aromatic N) is 3. The molecule has 0 unspecified atom stereocenters. The summed E-state index contributed by atoms with van der Waals surface area (Å²) in [7, 11) is 1.96. The zero-order valence-corrected chi connectivity index (χ0v) is 11.7. The normalized spacial score (nSPS) is 11.4. The fourth-order valence-corrected chi connectivity index (χ4v) is 1.93. The van der Waals surface area contributed by atoms with Gasteiger partial charge in [-0.2, -0.15) is 0 Å². The molecule has 20 heavy (non-hydrogen) atoms. The average Bonchev–Trinajstić information content (AvgIpc) is 2.49. The second kappa shape index (κ2) is 6.25. The van der Waals surface area contributed by atoms with Gasteiger partial charge in [0.1, 0.15) is 5.69 Å². The van der Waals surface area contributed by atoms with Crippen LogP contribution in [0.2, 0.25) is 5.02 Å². The Labute approximate surface area is 122 Å². The van der Waals surface area contributed by atoms with Crippen LogP contribution in [-0.2, 0) is 6.54 Å². The summed E-state index contributed by atoms with van der Waals surface area (Å²) in [6.45, 7) is 0.719. The Hall–Kier alpha value is -2.27. The second-order valence-electron chi connectivity index (χ2n) is 4.37. The van der Waals surface area contributed by atoms with E-state index in [1.807, 2.05) is 42.3 Å². The Kier molecular flexibility index (Phi) is 4.42. The van der Waals surface area contributed by atoms with Crippen molar-refractivity contribution < 1.29 is 5.21 Å². The van der Waals surface area contributed by atoms with Gasteiger partial charge in [0.25, 0.3) is 0 Å². The second-order valence-corrected chi connectivity index (χ2v) is 4.80. The first-order chi connectivity index (χ1) is 9.60. The highest BCUT2D eigenvalue weighted by Gasteiger charge is 2.06. The fraction of sp³-hybridized carbons (Fsp3) is 0.143. The minimum atomic E-state index is -0.00765. The monoisotopic (exact) mass is 290 g/mol.